The molecule has 4 nitrogen and oxygen atoms in total. The number of hydrogen-bond acceptors (Lipinski definition) is 4. The van der Waals surface area contributed by atoms with E-state index in [9.17, 15) is 4.79 Å². The quantitative estimate of drug-likeness (QED) is 0.908. The van der Waals surface area contributed by atoms with Gasteiger partial charge in [-0.05, 0) is 31.9 Å². The van der Waals surface area contributed by atoms with Gasteiger partial charge < -0.3 is 9.64 Å². The van der Waals surface area contributed by atoms with E-state index in [-0.39, 0.29) is 24.2 Å². The van der Waals surface area contributed by atoms with Crippen molar-refractivity contribution in [3.8, 4) is 0 Å². The van der Waals surface area contributed by atoms with E-state index < -0.39 is 0 Å². The van der Waals surface area contributed by atoms with Gasteiger partial charge in [-0.3, -0.25) is 10.1 Å². The number of thiophene rings is 1. The second-order valence-electron chi connectivity index (χ2n) is 5.75. The van der Waals surface area contributed by atoms with Crippen LogP contribution in [0.25, 0.3) is 0 Å². The van der Waals surface area contributed by atoms with E-state index in [2.05, 4.69) is 38.2 Å². The number of hydrogen-bond donors (Lipinski definition) is 1. The van der Waals surface area contributed by atoms with Crippen LogP contribution in [0.5, 0.6) is 0 Å². The summed E-state index contributed by atoms with van der Waals surface area (Å²) in [7, 11) is 1.69. The number of carbonyl (C=O) groups excluding carboxylic acids is 1. The summed E-state index contributed by atoms with van der Waals surface area (Å²) in [6.45, 7) is 8.86. The summed E-state index contributed by atoms with van der Waals surface area (Å²) < 4.78 is 5.33. The predicted octanol–water partition coefficient (Wildman–Crippen LogP) is 2.55. The molecule has 0 saturated carbocycles. The van der Waals surface area contributed by atoms with Crippen molar-refractivity contribution in [3.05, 3.63) is 21.9 Å². The second kappa shape index (κ2) is 6.24. The van der Waals surface area contributed by atoms with E-state index in [1.807, 2.05) is 11.8 Å². The lowest BCUT2D eigenvalue weighted by Gasteiger charge is -2.34. The van der Waals surface area contributed by atoms with Crippen LogP contribution >= 0.6 is 11.3 Å². The molecule has 1 aromatic heterocycles. The van der Waals surface area contributed by atoms with Gasteiger partial charge >= 0.3 is 0 Å². The van der Waals surface area contributed by atoms with Gasteiger partial charge in [-0.25, -0.2) is 0 Å². The molecule has 2 heterocycles. The van der Waals surface area contributed by atoms with Gasteiger partial charge in [0.25, 0.3) is 0 Å². The van der Waals surface area contributed by atoms with Crippen LogP contribution in [0.4, 0.5) is 0 Å². The minimum absolute atomic E-state index is 0.0289. The first-order valence-electron chi connectivity index (χ1n) is 7.09. The molecule has 1 N–H and O–H groups in total. The third kappa shape index (κ3) is 2.90. The van der Waals surface area contributed by atoms with E-state index in [4.69, 9.17) is 4.74 Å². The van der Waals surface area contributed by atoms with E-state index in [1.165, 1.54) is 9.75 Å². The zero-order chi connectivity index (χ0) is 14.9. The smallest absolute Gasteiger partial charge is 0.241 e. The fourth-order valence-electron chi connectivity index (χ4n) is 2.68. The van der Waals surface area contributed by atoms with Gasteiger partial charge in [-0.15, -0.1) is 11.3 Å². The van der Waals surface area contributed by atoms with Crippen molar-refractivity contribution in [2.45, 2.75) is 45.9 Å². The minimum Gasteiger partial charge on any atom is -0.383 e. The third-order valence-electron chi connectivity index (χ3n) is 3.81. The summed E-state index contributed by atoms with van der Waals surface area (Å²) in [5, 5.41) is 3.41. The number of aryl methyl sites for hydroxylation is 1. The molecule has 0 aliphatic carbocycles. The molecule has 3 unspecified atom stereocenters. The summed E-state index contributed by atoms with van der Waals surface area (Å²) in [5.74, 6) is 0.520. The van der Waals surface area contributed by atoms with Gasteiger partial charge in [-0.2, -0.15) is 0 Å². The normalized spacial score (nSPS) is 24.7. The molecule has 1 saturated heterocycles. The number of carbonyl (C=O) groups is 1. The molecule has 1 fully saturated rings. The lowest BCUT2D eigenvalue weighted by Crippen LogP contribution is -2.45. The van der Waals surface area contributed by atoms with Gasteiger partial charge in [-0.1, -0.05) is 13.8 Å². The van der Waals surface area contributed by atoms with Crippen LogP contribution in [0.1, 0.15) is 36.7 Å². The van der Waals surface area contributed by atoms with Crippen LogP contribution < -0.4 is 5.32 Å². The number of nitrogens with zero attached hydrogens (tertiary/aromatic N) is 1. The highest BCUT2D eigenvalue weighted by Gasteiger charge is 2.42. The van der Waals surface area contributed by atoms with Gasteiger partial charge in [0.05, 0.1) is 18.7 Å². The molecule has 1 aromatic rings. The Kier molecular flexibility index (Phi) is 4.83. The molecule has 5 heteroatoms. The Balaban J connectivity index is 2.32. The summed E-state index contributed by atoms with van der Waals surface area (Å²) >= 11 is 1.74. The van der Waals surface area contributed by atoms with Crippen LogP contribution in [0.15, 0.2) is 12.1 Å². The fraction of sp³-hybridized carbons (Fsp3) is 0.667. The average Bonchev–Trinajstić information content (AvgIpc) is 2.93. The molecule has 0 radical (unpaired) electrons. The SMILES string of the molecule is COCC(C(C)C)N1C(=O)C(C)NC1c1ccc(C)s1. The van der Waals surface area contributed by atoms with Gasteiger partial charge in [0, 0.05) is 16.9 Å². The minimum atomic E-state index is -0.138. The van der Waals surface area contributed by atoms with E-state index in [0.29, 0.717) is 12.5 Å². The maximum absolute atomic E-state index is 12.5. The lowest BCUT2D eigenvalue weighted by molar-refractivity contribution is -0.134. The highest BCUT2D eigenvalue weighted by molar-refractivity contribution is 7.12. The van der Waals surface area contributed by atoms with Crippen LogP contribution in [0, 0.1) is 12.8 Å². The van der Waals surface area contributed by atoms with Crippen molar-refractivity contribution in [1.82, 2.24) is 10.2 Å². The first-order chi connectivity index (χ1) is 9.45. The number of nitrogens with one attached hydrogen (secondary N) is 1. The van der Waals surface area contributed by atoms with Crippen molar-refractivity contribution in [2.24, 2.45) is 5.92 Å². The van der Waals surface area contributed by atoms with Crippen LogP contribution in [-0.4, -0.2) is 36.6 Å². The van der Waals surface area contributed by atoms with E-state index in [0.717, 1.165) is 0 Å². The molecule has 20 heavy (non-hydrogen) atoms. The zero-order valence-electron chi connectivity index (χ0n) is 12.8. The molecule has 1 amide bonds. The molecule has 1 aliphatic rings. The number of ether oxygens (including phenoxy) is 1. The number of methoxy groups -OCH3 is 1. The van der Waals surface area contributed by atoms with Crippen molar-refractivity contribution in [2.75, 3.05) is 13.7 Å². The molecule has 2 rings (SSSR count). The highest BCUT2D eigenvalue weighted by atomic mass is 32.1. The second-order valence-corrected chi connectivity index (χ2v) is 7.07. The zero-order valence-corrected chi connectivity index (χ0v) is 13.7. The van der Waals surface area contributed by atoms with Crippen molar-refractivity contribution < 1.29 is 9.53 Å². The molecular formula is C15H24N2O2S. The fourth-order valence-corrected chi connectivity index (χ4v) is 3.62. The van der Waals surface area contributed by atoms with Gasteiger partial charge in [0.1, 0.15) is 6.17 Å². The maximum Gasteiger partial charge on any atom is 0.241 e. The van der Waals surface area contributed by atoms with Gasteiger partial charge in [0.15, 0.2) is 0 Å². The van der Waals surface area contributed by atoms with Crippen molar-refractivity contribution in [1.29, 1.82) is 0 Å². The molecule has 1 aliphatic heterocycles. The Labute approximate surface area is 125 Å². The Bertz CT molecular complexity index is 472. The van der Waals surface area contributed by atoms with E-state index >= 15 is 0 Å². The van der Waals surface area contributed by atoms with Crippen LogP contribution in [-0.2, 0) is 9.53 Å². The Hall–Kier alpha value is -0.910. The number of rotatable bonds is 5. The van der Waals surface area contributed by atoms with Crippen molar-refractivity contribution >= 4 is 17.2 Å². The molecule has 112 valence electrons. The third-order valence-corrected chi connectivity index (χ3v) is 4.86. The first kappa shape index (κ1) is 15.5. The Morgan fingerprint density at radius 1 is 1.45 bits per heavy atom. The van der Waals surface area contributed by atoms with Crippen LogP contribution in [0.2, 0.25) is 0 Å². The molecule has 0 bridgehead atoms. The standard InChI is InChI=1S/C15H24N2O2S/c1-9(2)12(8-19-5)17-14(16-11(4)15(17)18)13-7-6-10(3)20-13/h6-7,9,11-12,14,16H,8H2,1-5H3. The first-order valence-corrected chi connectivity index (χ1v) is 7.90. The predicted molar refractivity (Wildman–Crippen MR) is 81.7 cm³/mol. The largest absolute Gasteiger partial charge is 0.383 e. The molecular weight excluding hydrogens is 272 g/mol. The molecule has 0 aromatic carbocycles. The Morgan fingerprint density at radius 2 is 2.15 bits per heavy atom. The summed E-state index contributed by atoms with van der Waals surface area (Å²) in [4.78, 5) is 17.0. The summed E-state index contributed by atoms with van der Waals surface area (Å²) in [5.41, 5.74) is 0. The van der Waals surface area contributed by atoms with Gasteiger partial charge in [0.2, 0.25) is 5.91 Å². The number of amides is 1. The van der Waals surface area contributed by atoms with Crippen molar-refractivity contribution in [3.63, 3.8) is 0 Å². The summed E-state index contributed by atoms with van der Waals surface area (Å²) in [6, 6.07) is 4.17. The molecule has 0 spiro atoms. The van der Waals surface area contributed by atoms with Crippen LogP contribution in [0.3, 0.4) is 0 Å². The summed E-state index contributed by atoms with van der Waals surface area (Å²) in [6.07, 6.45) is -0.0289. The topological polar surface area (TPSA) is 41.6 Å². The Morgan fingerprint density at radius 3 is 2.65 bits per heavy atom. The molecule has 3 atom stereocenters. The monoisotopic (exact) mass is 296 g/mol. The average molecular weight is 296 g/mol. The highest BCUT2D eigenvalue weighted by Crippen LogP contribution is 2.33. The maximum atomic E-state index is 12.5. The lowest BCUT2D eigenvalue weighted by atomic mass is 10.0. The van der Waals surface area contributed by atoms with E-state index in [1.54, 1.807) is 18.4 Å².